The second kappa shape index (κ2) is 6.69. The molecule has 2 rings (SSSR count). The number of aromatic nitrogens is 1. The smallest absolute Gasteiger partial charge is 0.274 e. The predicted octanol–water partition coefficient (Wildman–Crippen LogP) is 2.29. The van der Waals surface area contributed by atoms with Crippen LogP contribution in [0.3, 0.4) is 0 Å². The van der Waals surface area contributed by atoms with E-state index in [1.807, 2.05) is 32.0 Å². The third-order valence-corrected chi connectivity index (χ3v) is 3.07. The minimum atomic E-state index is -0.264. The van der Waals surface area contributed by atoms with E-state index in [4.69, 9.17) is 5.11 Å². The number of aryl methyl sites for hydroxylation is 2. The minimum Gasteiger partial charge on any atom is -0.384 e. The minimum absolute atomic E-state index is 0.199. The van der Waals surface area contributed by atoms with Crippen molar-refractivity contribution in [2.45, 2.75) is 13.8 Å². The Kier molecular flexibility index (Phi) is 4.70. The van der Waals surface area contributed by atoms with Crippen LogP contribution in [0.5, 0.6) is 0 Å². The lowest BCUT2D eigenvalue weighted by Gasteiger charge is -2.07. The number of aliphatic hydroxyl groups excluding tert-OH is 1. The Morgan fingerprint density at radius 3 is 2.67 bits per heavy atom. The van der Waals surface area contributed by atoms with E-state index < -0.39 is 0 Å². The molecule has 106 valence electrons. The number of hydrogen-bond acceptors (Lipinski definition) is 3. The molecule has 0 atom stereocenters. The van der Waals surface area contributed by atoms with E-state index in [0.717, 1.165) is 11.3 Å². The highest BCUT2D eigenvalue weighted by Gasteiger charge is 2.07. The molecular formula is C17H16N2O2. The van der Waals surface area contributed by atoms with Crippen LogP contribution in [-0.2, 0) is 0 Å². The van der Waals surface area contributed by atoms with Gasteiger partial charge in [-0.2, -0.15) is 0 Å². The molecule has 0 saturated heterocycles. The lowest BCUT2D eigenvalue weighted by atomic mass is 10.1. The van der Waals surface area contributed by atoms with Crippen LogP contribution in [0.25, 0.3) is 0 Å². The molecule has 4 heteroatoms. The zero-order valence-electron chi connectivity index (χ0n) is 12.0. The number of aliphatic hydroxyl groups is 1. The number of anilines is 1. The Bertz CT molecular complexity index is 710. The van der Waals surface area contributed by atoms with E-state index in [9.17, 15) is 4.79 Å². The molecule has 21 heavy (non-hydrogen) atoms. The molecule has 1 aromatic carbocycles. The maximum atomic E-state index is 12.1. The molecular weight excluding hydrogens is 264 g/mol. The highest BCUT2D eigenvalue weighted by atomic mass is 16.2. The predicted molar refractivity (Wildman–Crippen MR) is 82.1 cm³/mol. The standard InChI is InChI=1S/C17H16N2O2/c1-12-5-7-15(10-13(12)2)19-17(21)16-8-6-14(11-18-16)4-3-9-20/h5-8,10-11,20H,9H2,1-2H3,(H,19,21). The lowest BCUT2D eigenvalue weighted by Crippen LogP contribution is -2.13. The summed E-state index contributed by atoms with van der Waals surface area (Å²) in [6.07, 6.45) is 1.51. The number of carbonyl (C=O) groups is 1. The maximum Gasteiger partial charge on any atom is 0.274 e. The summed E-state index contributed by atoms with van der Waals surface area (Å²) >= 11 is 0. The molecule has 1 heterocycles. The fourth-order valence-electron chi connectivity index (χ4n) is 1.76. The molecule has 1 aromatic heterocycles. The molecule has 2 N–H and O–H groups in total. The molecule has 0 saturated carbocycles. The highest BCUT2D eigenvalue weighted by Crippen LogP contribution is 2.15. The van der Waals surface area contributed by atoms with Crippen LogP contribution < -0.4 is 5.32 Å². The number of nitrogens with one attached hydrogen (secondary N) is 1. The van der Waals surface area contributed by atoms with Crippen molar-refractivity contribution >= 4 is 11.6 Å². The van der Waals surface area contributed by atoms with Gasteiger partial charge in [-0.25, -0.2) is 4.98 Å². The fourth-order valence-corrected chi connectivity index (χ4v) is 1.76. The number of rotatable bonds is 2. The van der Waals surface area contributed by atoms with Crippen LogP contribution in [0.1, 0.15) is 27.2 Å². The van der Waals surface area contributed by atoms with Gasteiger partial charge in [0.1, 0.15) is 12.3 Å². The molecule has 2 aromatic rings. The first-order chi connectivity index (χ1) is 10.1. The number of pyridine rings is 1. The number of benzene rings is 1. The van der Waals surface area contributed by atoms with Crippen molar-refractivity contribution in [2.75, 3.05) is 11.9 Å². The van der Waals surface area contributed by atoms with Gasteiger partial charge in [-0.15, -0.1) is 0 Å². The molecule has 0 aliphatic carbocycles. The van der Waals surface area contributed by atoms with E-state index in [1.54, 1.807) is 12.1 Å². The van der Waals surface area contributed by atoms with Crippen molar-refractivity contribution in [3.63, 3.8) is 0 Å². The van der Waals surface area contributed by atoms with Crippen molar-refractivity contribution < 1.29 is 9.90 Å². The van der Waals surface area contributed by atoms with Gasteiger partial charge in [0, 0.05) is 17.4 Å². The van der Waals surface area contributed by atoms with E-state index in [1.165, 1.54) is 11.8 Å². The summed E-state index contributed by atoms with van der Waals surface area (Å²) in [5.74, 6) is 5.00. The van der Waals surface area contributed by atoms with Crippen molar-refractivity contribution in [1.29, 1.82) is 0 Å². The zero-order valence-corrected chi connectivity index (χ0v) is 12.0. The van der Waals surface area contributed by atoms with E-state index in [0.29, 0.717) is 11.3 Å². The average Bonchev–Trinajstić information content (AvgIpc) is 2.49. The molecule has 0 radical (unpaired) electrons. The summed E-state index contributed by atoms with van der Waals surface area (Å²) < 4.78 is 0. The van der Waals surface area contributed by atoms with Crippen molar-refractivity contribution in [1.82, 2.24) is 4.98 Å². The largest absolute Gasteiger partial charge is 0.384 e. The van der Waals surface area contributed by atoms with Gasteiger partial charge >= 0.3 is 0 Å². The molecule has 0 unspecified atom stereocenters. The first-order valence-electron chi connectivity index (χ1n) is 6.54. The van der Waals surface area contributed by atoms with Gasteiger partial charge in [-0.1, -0.05) is 17.9 Å². The Morgan fingerprint density at radius 1 is 1.24 bits per heavy atom. The van der Waals surface area contributed by atoms with Gasteiger partial charge in [0.25, 0.3) is 5.91 Å². The topological polar surface area (TPSA) is 62.2 Å². The fraction of sp³-hybridized carbons (Fsp3) is 0.176. The van der Waals surface area contributed by atoms with Crippen LogP contribution in [0.2, 0.25) is 0 Å². The summed E-state index contributed by atoms with van der Waals surface area (Å²) in [6, 6.07) is 9.06. The molecule has 1 amide bonds. The van der Waals surface area contributed by atoms with E-state index in [2.05, 4.69) is 22.1 Å². The van der Waals surface area contributed by atoms with Crippen molar-refractivity contribution in [2.24, 2.45) is 0 Å². The average molecular weight is 280 g/mol. The molecule has 0 bridgehead atoms. The molecule has 0 aliphatic rings. The second-order valence-electron chi connectivity index (χ2n) is 4.65. The Hall–Kier alpha value is -2.64. The third-order valence-electron chi connectivity index (χ3n) is 3.07. The van der Waals surface area contributed by atoms with E-state index in [-0.39, 0.29) is 12.5 Å². The lowest BCUT2D eigenvalue weighted by molar-refractivity contribution is 0.102. The van der Waals surface area contributed by atoms with Gasteiger partial charge in [0.05, 0.1) is 0 Å². The van der Waals surface area contributed by atoms with Crippen LogP contribution in [0.4, 0.5) is 5.69 Å². The normalized spacial score (nSPS) is 9.67. The van der Waals surface area contributed by atoms with Gasteiger partial charge in [0.15, 0.2) is 0 Å². The monoisotopic (exact) mass is 280 g/mol. The van der Waals surface area contributed by atoms with Crippen LogP contribution >= 0.6 is 0 Å². The second-order valence-corrected chi connectivity index (χ2v) is 4.65. The van der Waals surface area contributed by atoms with Crippen molar-refractivity contribution in [3.05, 3.63) is 58.9 Å². The summed E-state index contributed by atoms with van der Waals surface area (Å²) in [4.78, 5) is 16.2. The van der Waals surface area contributed by atoms with Gasteiger partial charge < -0.3 is 10.4 Å². The molecule has 0 fully saturated rings. The first-order valence-corrected chi connectivity index (χ1v) is 6.54. The zero-order chi connectivity index (χ0) is 15.2. The number of hydrogen-bond donors (Lipinski definition) is 2. The first kappa shape index (κ1) is 14.8. The number of nitrogens with zero attached hydrogens (tertiary/aromatic N) is 1. The van der Waals surface area contributed by atoms with Gasteiger partial charge in [0.2, 0.25) is 0 Å². The van der Waals surface area contributed by atoms with Crippen molar-refractivity contribution in [3.8, 4) is 11.8 Å². The quantitative estimate of drug-likeness (QED) is 0.830. The Morgan fingerprint density at radius 2 is 2.05 bits per heavy atom. The van der Waals surface area contributed by atoms with Crippen LogP contribution in [0.15, 0.2) is 36.5 Å². The molecule has 0 spiro atoms. The summed E-state index contributed by atoms with van der Waals surface area (Å²) in [5, 5.41) is 11.4. The number of carbonyl (C=O) groups excluding carboxylic acids is 1. The summed E-state index contributed by atoms with van der Waals surface area (Å²) in [5.41, 5.74) is 4.02. The highest BCUT2D eigenvalue weighted by molar-refractivity contribution is 6.02. The van der Waals surface area contributed by atoms with Gasteiger partial charge in [-0.3, -0.25) is 4.79 Å². The van der Waals surface area contributed by atoms with Crippen LogP contribution in [-0.4, -0.2) is 22.6 Å². The molecule has 0 aliphatic heterocycles. The van der Waals surface area contributed by atoms with E-state index >= 15 is 0 Å². The Balaban J connectivity index is 2.11. The van der Waals surface area contributed by atoms with Crippen LogP contribution in [0, 0.1) is 25.7 Å². The molecule has 4 nitrogen and oxygen atoms in total. The summed E-state index contributed by atoms with van der Waals surface area (Å²) in [7, 11) is 0. The maximum absolute atomic E-state index is 12.1. The Labute approximate surface area is 123 Å². The number of amides is 1. The third kappa shape index (κ3) is 3.91. The SMILES string of the molecule is Cc1ccc(NC(=O)c2ccc(C#CCO)cn2)cc1C. The summed E-state index contributed by atoms with van der Waals surface area (Å²) in [6.45, 7) is 3.82. The van der Waals surface area contributed by atoms with Gasteiger partial charge in [-0.05, 0) is 49.2 Å².